The van der Waals surface area contributed by atoms with Crippen molar-refractivity contribution in [2.75, 3.05) is 0 Å². The molecule has 86 valence electrons. The van der Waals surface area contributed by atoms with Gasteiger partial charge in [0, 0.05) is 5.56 Å². The molecule has 0 spiro atoms. The molecule has 0 saturated carbocycles. The summed E-state index contributed by atoms with van der Waals surface area (Å²) in [6.07, 6.45) is -2.52. The molecular formula is C11H8ClF3O. The molecule has 0 aliphatic carbocycles. The Labute approximate surface area is 95.5 Å². The van der Waals surface area contributed by atoms with Gasteiger partial charge in [-0.15, -0.1) is 0 Å². The second-order valence-corrected chi connectivity index (χ2v) is 4.18. The summed E-state index contributed by atoms with van der Waals surface area (Å²) >= 11 is 5.40. The zero-order valence-corrected chi connectivity index (χ0v) is 9.06. The lowest BCUT2D eigenvalue weighted by Gasteiger charge is -2.30. The highest BCUT2D eigenvalue weighted by Crippen LogP contribution is 2.43. The van der Waals surface area contributed by atoms with Gasteiger partial charge in [-0.2, -0.15) is 13.2 Å². The number of aryl methyl sites for hydroxylation is 1. The normalized spacial score (nSPS) is 23.8. The minimum absolute atomic E-state index is 0.148. The van der Waals surface area contributed by atoms with Gasteiger partial charge in [0.2, 0.25) is 0 Å². The lowest BCUT2D eigenvalue weighted by atomic mass is 10.1. The molecule has 0 saturated heterocycles. The average Bonchev–Trinajstić information content (AvgIpc) is 2.15. The van der Waals surface area contributed by atoms with E-state index in [1.165, 1.54) is 12.1 Å². The summed E-state index contributed by atoms with van der Waals surface area (Å²) in [4.78, 5) is 0. The number of ether oxygens (including phenoxy) is 1. The van der Waals surface area contributed by atoms with E-state index < -0.39 is 11.2 Å². The fourth-order valence-corrected chi connectivity index (χ4v) is 1.56. The number of halogens is 4. The summed E-state index contributed by atoms with van der Waals surface area (Å²) in [5.74, 6) is 0.148. The van der Waals surface area contributed by atoms with Crippen molar-refractivity contribution >= 4 is 17.7 Å². The minimum atomic E-state index is -4.65. The van der Waals surface area contributed by atoms with E-state index in [1.807, 2.05) is 0 Å². The molecule has 1 atom stereocenters. The van der Waals surface area contributed by atoms with Crippen LogP contribution in [0.2, 0.25) is 0 Å². The molecular weight excluding hydrogens is 241 g/mol. The summed E-state index contributed by atoms with van der Waals surface area (Å²) < 4.78 is 42.7. The van der Waals surface area contributed by atoms with Crippen LogP contribution >= 0.6 is 11.6 Å². The van der Waals surface area contributed by atoms with E-state index in [2.05, 4.69) is 0 Å². The highest BCUT2D eigenvalue weighted by atomic mass is 35.5. The molecule has 0 amide bonds. The van der Waals surface area contributed by atoms with Gasteiger partial charge in [0.25, 0.3) is 5.06 Å². The van der Waals surface area contributed by atoms with Gasteiger partial charge in [-0.05, 0) is 30.7 Å². The van der Waals surface area contributed by atoms with Crippen LogP contribution in [0.5, 0.6) is 5.75 Å². The molecule has 2 rings (SSSR count). The summed E-state index contributed by atoms with van der Waals surface area (Å²) in [6, 6.07) is 5.01. The molecule has 0 radical (unpaired) electrons. The third-order valence-electron chi connectivity index (χ3n) is 2.29. The fraction of sp³-hybridized carbons (Fsp3) is 0.273. The van der Waals surface area contributed by atoms with Gasteiger partial charge in [0.15, 0.2) is 0 Å². The van der Waals surface area contributed by atoms with Crippen molar-refractivity contribution in [2.45, 2.75) is 18.2 Å². The molecule has 1 aromatic carbocycles. The number of benzene rings is 1. The SMILES string of the molecule is Cc1ccc2c(c1)OC(Cl)(C(F)(F)F)C=C2. The maximum absolute atomic E-state index is 12.6. The molecule has 0 fully saturated rings. The Bertz CT molecular complexity index is 453. The lowest BCUT2D eigenvalue weighted by molar-refractivity contribution is -0.197. The molecule has 0 aromatic heterocycles. The first-order valence-electron chi connectivity index (χ1n) is 4.56. The molecule has 1 nitrogen and oxygen atoms in total. The summed E-state index contributed by atoms with van der Waals surface area (Å²) in [6.45, 7) is 1.77. The number of fused-ring (bicyclic) bond motifs is 1. The summed E-state index contributed by atoms with van der Waals surface area (Å²) in [5.41, 5.74) is 1.40. The predicted octanol–water partition coefficient (Wildman–Crippen LogP) is 3.90. The number of alkyl halides is 4. The van der Waals surface area contributed by atoms with E-state index in [0.29, 0.717) is 5.56 Å². The van der Waals surface area contributed by atoms with Crippen LogP contribution in [0.15, 0.2) is 24.3 Å². The maximum atomic E-state index is 12.6. The molecule has 1 aliphatic heterocycles. The zero-order valence-electron chi connectivity index (χ0n) is 8.31. The van der Waals surface area contributed by atoms with Crippen molar-refractivity contribution in [2.24, 2.45) is 0 Å². The van der Waals surface area contributed by atoms with Gasteiger partial charge in [-0.3, -0.25) is 0 Å². The molecule has 0 bridgehead atoms. The van der Waals surface area contributed by atoms with Crippen LogP contribution in [0.25, 0.3) is 6.08 Å². The van der Waals surface area contributed by atoms with E-state index >= 15 is 0 Å². The highest BCUT2D eigenvalue weighted by molar-refractivity contribution is 6.25. The number of rotatable bonds is 0. The molecule has 1 aliphatic rings. The van der Waals surface area contributed by atoms with E-state index in [-0.39, 0.29) is 5.75 Å². The average molecular weight is 249 g/mol. The van der Waals surface area contributed by atoms with Crippen LogP contribution in [-0.4, -0.2) is 11.2 Å². The molecule has 0 N–H and O–H groups in total. The standard InChI is InChI=1S/C11H8ClF3O/c1-7-2-3-8-4-5-10(12,11(13,14)15)16-9(8)6-7/h2-6H,1H3. The quantitative estimate of drug-likeness (QED) is 0.633. The van der Waals surface area contributed by atoms with Crippen LogP contribution in [0.1, 0.15) is 11.1 Å². The summed E-state index contributed by atoms with van der Waals surface area (Å²) in [5, 5.41) is -2.76. The molecule has 1 aromatic rings. The van der Waals surface area contributed by atoms with Gasteiger partial charge in [-0.1, -0.05) is 23.7 Å². The predicted molar refractivity (Wildman–Crippen MR) is 55.5 cm³/mol. The van der Waals surface area contributed by atoms with Crippen LogP contribution in [-0.2, 0) is 0 Å². The van der Waals surface area contributed by atoms with E-state index in [0.717, 1.165) is 11.6 Å². The first kappa shape index (κ1) is 11.3. The Hall–Kier alpha value is -1.16. The number of hydrogen-bond donors (Lipinski definition) is 0. The van der Waals surface area contributed by atoms with Crippen molar-refractivity contribution in [1.29, 1.82) is 0 Å². The third-order valence-corrected chi connectivity index (χ3v) is 2.71. The maximum Gasteiger partial charge on any atom is 0.447 e. The van der Waals surface area contributed by atoms with Crippen molar-refractivity contribution in [1.82, 2.24) is 0 Å². The molecule has 16 heavy (non-hydrogen) atoms. The van der Waals surface area contributed by atoms with Crippen molar-refractivity contribution in [3.05, 3.63) is 35.4 Å². The third kappa shape index (κ3) is 1.78. The van der Waals surface area contributed by atoms with Crippen LogP contribution in [0, 0.1) is 6.92 Å². The molecule has 1 heterocycles. The van der Waals surface area contributed by atoms with Crippen molar-refractivity contribution in [3.63, 3.8) is 0 Å². The van der Waals surface area contributed by atoms with Gasteiger partial charge >= 0.3 is 6.18 Å². The fourth-order valence-electron chi connectivity index (χ4n) is 1.41. The molecule has 5 heteroatoms. The van der Waals surface area contributed by atoms with Gasteiger partial charge in [-0.25, -0.2) is 0 Å². The Morgan fingerprint density at radius 3 is 2.62 bits per heavy atom. The summed E-state index contributed by atoms with van der Waals surface area (Å²) in [7, 11) is 0. The van der Waals surface area contributed by atoms with Crippen LogP contribution in [0.4, 0.5) is 13.2 Å². The first-order valence-corrected chi connectivity index (χ1v) is 4.94. The topological polar surface area (TPSA) is 9.23 Å². The van der Waals surface area contributed by atoms with E-state index in [9.17, 15) is 13.2 Å². The molecule has 1 unspecified atom stereocenters. The van der Waals surface area contributed by atoms with Crippen molar-refractivity contribution in [3.8, 4) is 5.75 Å². The van der Waals surface area contributed by atoms with Gasteiger partial charge in [0.05, 0.1) is 0 Å². The first-order chi connectivity index (χ1) is 7.32. The number of hydrogen-bond acceptors (Lipinski definition) is 1. The van der Waals surface area contributed by atoms with Gasteiger partial charge in [0.1, 0.15) is 5.75 Å². The van der Waals surface area contributed by atoms with Gasteiger partial charge < -0.3 is 4.74 Å². The Balaban J connectivity index is 2.44. The Kier molecular flexibility index (Phi) is 2.42. The van der Waals surface area contributed by atoms with Crippen molar-refractivity contribution < 1.29 is 17.9 Å². The largest absolute Gasteiger partial charge is 0.458 e. The smallest absolute Gasteiger partial charge is 0.447 e. The minimum Gasteiger partial charge on any atom is -0.458 e. The monoisotopic (exact) mass is 248 g/mol. The highest BCUT2D eigenvalue weighted by Gasteiger charge is 2.55. The van der Waals surface area contributed by atoms with Crippen LogP contribution < -0.4 is 4.74 Å². The van der Waals surface area contributed by atoms with E-state index in [1.54, 1.807) is 19.1 Å². The second-order valence-electron chi connectivity index (χ2n) is 3.62. The second kappa shape index (κ2) is 3.42. The zero-order chi connectivity index (χ0) is 12.0. The Morgan fingerprint density at radius 1 is 1.31 bits per heavy atom. The van der Waals surface area contributed by atoms with Crippen LogP contribution in [0.3, 0.4) is 0 Å². The Morgan fingerprint density at radius 2 is 2.00 bits per heavy atom. The lowest BCUT2D eigenvalue weighted by Crippen LogP contribution is -2.44. The van der Waals surface area contributed by atoms with E-state index in [4.69, 9.17) is 16.3 Å².